The Morgan fingerprint density at radius 2 is 1.88 bits per heavy atom. The van der Waals surface area contributed by atoms with Crippen molar-refractivity contribution in [2.45, 2.75) is 25.1 Å². The number of rotatable bonds is 9. The number of amides is 1. The van der Waals surface area contributed by atoms with Crippen LogP contribution in [0.1, 0.15) is 29.2 Å². The van der Waals surface area contributed by atoms with Gasteiger partial charge < -0.3 is 9.47 Å². The average Bonchev–Trinajstić information content (AvgIpc) is 3.39. The smallest absolute Gasteiger partial charge is 0.258 e. The van der Waals surface area contributed by atoms with Crippen molar-refractivity contribution in [1.82, 2.24) is 16.3 Å². The molecule has 2 unspecified atom stereocenters. The summed E-state index contributed by atoms with van der Waals surface area (Å²) in [4.78, 5) is 12.5. The number of hydrazone groups is 1. The quantitative estimate of drug-likeness (QED) is 0.335. The zero-order valence-electron chi connectivity index (χ0n) is 19.0. The van der Waals surface area contributed by atoms with Gasteiger partial charge in [0.1, 0.15) is 24.1 Å². The largest absolute Gasteiger partial charge is 0.496 e. The van der Waals surface area contributed by atoms with Gasteiger partial charge in [-0.25, -0.2) is 16.3 Å². The van der Waals surface area contributed by atoms with Gasteiger partial charge in [0.15, 0.2) is 0 Å². The summed E-state index contributed by atoms with van der Waals surface area (Å²) in [7, 11) is 1.63. The van der Waals surface area contributed by atoms with Crippen molar-refractivity contribution in [3.63, 3.8) is 0 Å². The molecule has 1 aliphatic rings. The summed E-state index contributed by atoms with van der Waals surface area (Å²) >= 11 is 0. The van der Waals surface area contributed by atoms with Crippen LogP contribution in [0.3, 0.4) is 0 Å². The highest BCUT2D eigenvalue weighted by Gasteiger charge is 2.30. The van der Waals surface area contributed by atoms with E-state index in [0.29, 0.717) is 13.0 Å². The first-order valence-electron chi connectivity index (χ1n) is 11.1. The fourth-order valence-electron chi connectivity index (χ4n) is 3.68. The maximum Gasteiger partial charge on any atom is 0.258 e. The normalized spacial score (nSPS) is 17.8. The number of hydrogen-bond donors (Lipinski definition) is 3. The van der Waals surface area contributed by atoms with Crippen LogP contribution in [-0.4, -0.2) is 25.3 Å². The Morgan fingerprint density at radius 1 is 1.06 bits per heavy atom. The lowest BCUT2D eigenvalue weighted by molar-refractivity contribution is -0.122. The number of ether oxygens (including phenoxy) is 2. The minimum absolute atomic E-state index is 0.00885. The van der Waals surface area contributed by atoms with Gasteiger partial charge in [0.25, 0.3) is 5.91 Å². The highest BCUT2D eigenvalue weighted by molar-refractivity contribution is 5.84. The van der Waals surface area contributed by atoms with Gasteiger partial charge in [0, 0.05) is 17.8 Å². The summed E-state index contributed by atoms with van der Waals surface area (Å²) in [5.74, 6) is 1.37. The molecule has 3 aromatic carbocycles. The van der Waals surface area contributed by atoms with E-state index in [-0.39, 0.29) is 11.9 Å². The highest BCUT2D eigenvalue weighted by atomic mass is 16.5. The topological polar surface area (TPSA) is 84.0 Å². The molecule has 2 atom stereocenters. The molecule has 1 aliphatic heterocycles. The Hall–Kier alpha value is -3.94. The fraction of sp³-hybridized carbons (Fsp3) is 0.185. The summed E-state index contributed by atoms with van der Waals surface area (Å²) in [6.45, 7) is 0.509. The summed E-state index contributed by atoms with van der Waals surface area (Å²) in [6.07, 6.45) is 5.76. The molecule has 1 saturated heterocycles. The highest BCUT2D eigenvalue weighted by Crippen LogP contribution is 2.26. The number of methoxy groups -OCH3 is 1. The van der Waals surface area contributed by atoms with E-state index in [4.69, 9.17) is 9.47 Å². The first-order valence-corrected chi connectivity index (χ1v) is 11.1. The number of carbonyl (C=O) groups is 1. The van der Waals surface area contributed by atoms with Crippen molar-refractivity contribution in [3.05, 3.63) is 102 Å². The third-order valence-corrected chi connectivity index (χ3v) is 5.48. The Balaban J connectivity index is 1.26. The molecule has 7 nitrogen and oxygen atoms in total. The summed E-state index contributed by atoms with van der Waals surface area (Å²) in [5.41, 5.74) is 11.9. The molecule has 3 aromatic rings. The van der Waals surface area contributed by atoms with E-state index in [1.807, 2.05) is 84.9 Å². The fourth-order valence-corrected chi connectivity index (χ4v) is 3.68. The van der Waals surface area contributed by atoms with E-state index in [1.165, 1.54) is 6.21 Å². The molecule has 0 radical (unpaired) electrons. The molecule has 3 N–H and O–H groups in total. The second kappa shape index (κ2) is 11.8. The second-order valence-electron chi connectivity index (χ2n) is 7.83. The van der Waals surface area contributed by atoms with Crippen molar-refractivity contribution in [3.8, 4) is 11.5 Å². The van der Waals surface area contributed by atoms with Crippen LogP contribution in [-0.2, 0) is 11.4 Å². The van der Waals surface area contributed by atoms with Gasteiger partial charge in [-0.15, -0.1) is 0 Å². The van der Waals surface area contributed by atoms with E-state index in [9.17, 15) is 4.79 Å². The van der Waals surface area contributed by atoms with E-state index >= 15 is 0 Å². The van der Waals surface area contributed by atoms with Gasteiger partial charge in [-0.2, -0.15) is 5.10 Å². The van der Waals surface area contributed by atoms with Gasteiger partial charge in [-0.3, -0.25) is 4.79 Å². The lowest BCUT2D eigenvalue weighted by Crippen LogP contribution is -2.41. The van der Waals surface area contributed by atoms with Gasteiger partial charge in [-0.1, -0.05) is 60.7 Å². The molecule has 174 valence electrons. The van der Waals surface area contributed by atoms with E-state index in [2.05, 4.69) is 21.4 Å². The van der Waals surface area contributed by atoms with Crippen LogP contribution in [0.2, 0.25) is 0 Å². The zero-order chi connectivity index (χ0) is 23.6. The summed E-state index contributed by atoms with van der Waals surface area (Å²) in [5, 5.41) is 4.01. The Morgan fingerprint density at radius 3 is 2.74 bits per heavy atom. The lowest BCUT2D eigenvalue weighted by Gasteiger charge is -2.12. The number of carbonyl (C=O) groups excluding carboxylic acids is 1. The second-order valence-corrected chi connectivity index (χ2v) is 7.83. The van der Waals surface area contributed by atoms with Crippen molar-refractivity contribution >= 4 is 18.2 Å². The number of allylic oxidation sites excluding steroid dienone is 1. The first kappa shape index (κ1) is 23.2. The van der Waals surface area contributed by atoms with Crippen LogP contribution in [0, 0.1) is 0 Å². The van der Waals surface area contributed by atoms with Crippen LogP contribution >= 0.6 is 0 Å². The summed E-state index contributed by atoms with van der Waals surface area (Å²) in [6, 6.07) is 25.2. The van der Waals surface area contributed by atoms with Crippen molar-refractivity contribution in [2.75, 3.05) is 7.11 Å². The van der Waals surface area contributed by atoms with E-state index < -0.39 is 6.04 Å². The molecular formula is C27H28N4O3. The third kappa shape index (κ3) is 6.31. The van der Waals surface area contributed by atoms with Crippen molar-refractivity contribution < 1.29 is 14.3 Å². The number of benzene rings is 3. The zero-order valence-corrected chi connectivity index (χ0v) is 19.0. The van der Waals surface area contributed by atoms with Crippen molar-refractivity contribution in [2.24, 2.45) is 5.10 Å². The predicted molar refractivity (Wildman–Crippen MR) is 133 cm³/mol. The molecule has 0 saturated carbocycles. The first-order chi connectivity index (χ1) is 16.7. The van der Waals surface area contributed by atoms with Crippen LogP contribution in [0.15, 0.2) is 90.0 Å². The molecule has 1 amide bonds. The molecule has 0 aliphatic carbocycles. The molecule has 34 heavy (non-hydrogen) atoms. The van der Waals surface area contributed by atoms with Crippen LogP contribution in [0.4, 0.5) is 0 Å². The molecule has 1 heterocycles. The van der Waals surface area contributed by atoms with Crippen LogP contribution < -0.4 is 25.8 Å². The van der Waals surface area contributed by atoms with Crippen molar-refractivity contribution in [1.29, 1.82) is 0 Å². The maximum absolute atomic E-state index is 12.5. The maximum atomic E-state index is 12.5. The molecule has 0 bridgehead atoms. The van der Waals surface area contributed by atoms with Gasteiger partial charge in [0.2, 0.25) is 0 Å². The summed E-state index contributed by atoms with van der Waals surface area (Å²) < 4.78 is 11.2. The lowest BCUT2D eigenvalue weighted by atomic mass is 10.0. The van der Waals surface area contributed by atoms with Crippen LogP contribution in [0.25, 0.3) is 6.08 Å². The van der Waals surface area contributed by atoms with E-state index in [0.717, 1.165) is 28.2 Å². The number of nitrogens with zero attached hydrogens (tertiary/aromatic N) is 1. The Kier molecular flexibility index (Phi) is 8.05. The number of nitrogens with one attached hydrogen (secondary N) is 3. The van der Waals surface area contributed by atoms with E-state index in [1.54, 1.807) is 13.2 Å². The molecule has 4 rings (SSSR count). The molecular weight excluding hydrogens is 428 g/mol. The minimum atomic E-state index is -0.394. The number of para-hydroxylation sites is 1. The van der Waals surface area contributed by atoms with Crippen LogP contribution in [0.5, 0.6) is 11.5 Å². The standard InChI is InChI=1S/C27H28N4O3/c1-33-26-15-6-5-11-21(26)13-8-16-28-31-27(32)25-18-24(29-30-25)22-12-7-14-23(17-22)34-19-20-9-3-2-4-10-20/h2-17,24-25,29-30H,18-19H2,1H3,(H,31,32)/b13-8-,28-16+. The van der Waals surface area contributed by atoms with Gasteiger partial charge >= 0.3 is 0 Å². The minimum Gasteiger partial charge on any atom is -0.496 e. The molecule has 1 fully saturated rings. The molecule has 0 aromatic heterocycles. The Labute approximate surface area is 199 Å². The molecule has 0 spiro atoms. The number of hydrazine groups is 1. The molecule has 7 heteroatoms. The van der Waals surface area contributed by atoms with Gasteiger partial charge in [-0.05, 0) is 47.9 Å². The predicted octanol–water partition coefficient (Wildman–Crippen LogP) is 4.00. The monoisotopic (exact) mass is 456 g/mol. The number of hydrogen-bond acceptors (Lipinski definition) is 6. The Bertz CT molecular complexity index is 1150. The average molecular weight is 457 g/mol. The third-order valence-electron chi connectivity index (χ3n) is 5.48. The SMILES string of the molecule is COc1ccccc1/C=C\C=N\NC(=O)C1CC(c2cccc(OCc3ccccc3)c2)NN1. The van der Waals surface area contributed by atoms with Gasteiger partial charge in [0.05, 0.1) is 7.11 Å².